The number of methoxy groups -OCH3 is 1. The van der Waals surface area contributed by atoms with E-state index in [4.69, 9.17) is 4.74 Å². The summed E-state index contributed by atoms with van der Waals surface area (Å²) in [4.78, 5) is 0. The topological polar surface area (TPSA) is 21.3 Å². The van der Waals surface area contributed by atoms with E-state index in [1.807, 2.05) is 25.1 Å². The summed E-state index contributed by atoms with van der Waals surface area (Å²) in [5.74, 6) is -0.305. The van der Waals surface area contributed by atoms with Gasteiger partial charge in [-0.25, -0.2) is 0 Å². The minimum absolute atomic E-state index is 0.161. The zero-order valence-corrected chi connectivity index (χ0v) is 12.5. The molecule has 21 heavy (non-hydrogen) atoms. The summed E-state index contributed by atoms with van der Waals surface area (Å²) in [6.45, 7) is 2.64. The van der Waals surface area contributed by atoms with E-state index in [-0.39, 0.29) is 18.9 Å². The lowest BCUT2D eigenvalue weighted by Crippen LogP contribution is -2.36. The van der Waals surface area contributed by atoms with Crippen molar-refractivity contribution < 1.29 is 17.9 Å². The second-order valence-corrected chi connectivity index (χ2v) is 5.79. The molecule has 118 valence electrons. The van der Waals surface area contributed by atoms with Crippen LogP contribution in [-0.4, -0.2) is 19.3 Å². The maximum absolute atomic E-state index is 12.6. The van der Waals surface area contributed by atoms with Crippen LogP contribution in [0.25, 0.3) is 0 Å². The molecule has 2 nitrogen and oxygen atoms in total. The van der Waals surface area contributed by atoms with Crippen molar-refractivity contribution in [1.29, 1.82) is 0 Å². The van der Waals surface area contributed by atoms with Gasteiger partial charge in [0.05, 0.1) is 13.0 Å². The molecule has 1 aliphatic carbocycles. The summed E-state index contributed by atoms with van der Waals surface area (Å²) in [5.41, 5.74) is 2.20. The van der Waals surface area contributed by atoms with Gasteiger partial charge in [0, 0.05) is 18.2 Å². The van der Waals surface area contributed by atoms with Crippen molar-refractivity contribution in [3.05, 3.63) is 29.3 Å². The second kappa shape index (κ2) is 6.69. The Kier molecular flexibility index (Phi) is 5.14. The van der Waals surface area contributed by atoms with Crippen molar-refractivity contribution in [1.82, 2.24) is 5.32 Å². The molecule has 1 N–H and O–H groups in total. The molecule has 0 amide bonds. The molecule has 0 aliphatic heterocycles. The van der Waals surface area contributed by atoms with E-state index in [1.54, 1.807) is 7.11 Å². The van der Waals surface area contributed by atoms with Crippen LogP contribution in [0.3, 0.4) is 0 Å². The molecular weight excluding hydrogens is 279 g/mol. The molecule has 1 aromatic carbocycles. The van der Waals surface area contributed by atoms with Gasteiger partial charge in [0.2, 0.25) is 0 Å². The molecule has 1 aromatic rings. The largest absolute Gasteiger partial charge is 0.496 e. The highest BCUT2D eigenvalue weighted by Crippen LogP contribution is 2.37. The van der Waals surface area contributed by atoms with E-state index in [0.29, 0.717) is 19.4 Å². The second-order valence-electron chi connectivity index (χ2n) is 5.79. The molecule has 0 saturated heterocycles. The Balaban J connectivity index is 1.86. The van der Waals surface area contributed by atoms with Gasteiger partial charge in [-0.15, -0.1) is 0 Å². The molecular formula is C16H22F3NO. The zero-order valence-electron chi connectivity index (χ0n) is 12.5. The standard InChI is InChI=1S/C16H22F3NO/c1-11-3-8-15(21-2)12(9-11)10-20-14-6-4-13(5-7-14)16(17,18)19/h3,8-9,13-14,20H,4-7,10H2,1-2H3. The van der Waals surface area contributed by atoms with Crippen molar-refractivity contribution >= 4 is 0 Å². The molecule has 0 aromatic heterocycles. The highest BCUT2D eigenvalue weighted by molar-refractivity contribution is 5.36. The van der Waals surface area contributed by atoms with Gasteiger partial charge in [-0.3, -0.25) is 0 Å². The molecule has 5 heteroatoms. The Morgan fingerprint density at radius 3 is 2.43 bits per heavy atom. The Labute approximate surface area is 123 Å². The molecule has 0 unspecified atom stereocenters. The lowest BCUT2D eigenvalue weighted by atomic mass is 9.85. The van der Waals surface area contributed by atoms with Crippen molar-refractivity contribution in [2.75, 3.05) is 7.11 Å². The van der Waals surface area contributed by atoms with Gasteiger partial charge in [0.15, 0.2) is 0 Å². The van der Waals surface area contributed by atoms with Crippen LogP contribution in [-0.2, 0) is 6.54 Å². The minimum atomic E-state index is -4.04. The Hall–Kier alpha value is -1.23. The van der Waals surface area contributed by atoms with Gasteiger partial charge in [-0.2, -0.15) is 13.2 Å². The van der Waals surface area contributed by atoms with Gasteiger partial charge >= 0.3 is 6.18 Å². The first kappa shape index (κ1) is 16.1. The minimum Gasteiger partial charge on any atom is -0.496 e. The summed E-state index contributed by atoms with van der Waals surface area (Å²) >= 11 is 0. The van der Waals surface area contributed by atoms with Crippen molar-refractivity contribution in [3.8, 4) is 5.75 Å². The van der Waals surface area contributed by atoms with E-state index in [1.165, 1.54) is 0 Å². The number of alkyl halides is 3. The maximum Gasteiger partial charge on any atom is 0.391 e. The summed E-state index contributed by atoms with van der Waals surface area (Å²) in [6.07, 6.45) is -2.42. The van der Waals surface area contributed by atoms with E-state index in [0.717, 1.165) is 16.9 Å². The lowest BCUT2D eigenvalue weighted by molar-refractivity contribution is -0.182. The smallest absolute Gasteiger partial charge is 0.391 e. The first-order chi connectivity index (χ1) is 9.90. The third kappa shape index (κ3) is 4.37. The van der Waals surface area contributed by atoms with Gasteiger partial charge in [0.1, 0.15) is 5.75 Å². The predicted octanol–water partition coefficient (Wildman–Crippen LogP) is 4.21. The number of aryl methyl sites for hydroxylation is 1. The van der Waals surface area contributed by atoms with E-state index in [9.17, 15) is 13.2 Å². The third-order valence-electron chi connectivity index (χ3n) is 4.21. The van der Waals surface area contributed by atoms with Crippen molar-refractivity contribution in [2.45, 2.75) is 51.4 Å². The molecule has 1 fully saturated rings. The van der Waals surface area contributed by atoms with Crippen LogP contribution >= 0.6 is 0 Å². The summed E-state index contributed by atoms with van der Waals surface area (Å²) in [7, 11) is 1.63. The quantitative estimate of drug-likeness (QED) is 0.899. The Morgan fingerprint density at radius 1 is 1.19 bits per heavy atom. The van der Waals surface area contributed by atoms with E-state index in [2.05, 4.69) is 5.32 Å². The van der Waals surface area contributed by atoms with Crippen LogP contribution in [0.15, 0.2) is 18.2 Å². The zero-order chi connectivity index (χ0) is 15.5. The first-order valence-electron chi connectivity index (χ1n) is 7.33. The molecule has 0 radical (unpaired) electrons. The van der Waals surface area contributed by atoms with Crippen LogP contribution in [0.4, 0.5) is 13.2 Å². The number of hydrogen-bond donors (Lipinski definition) is 1. The molecule has 2 rings (SSSR count). The highest BCUT2D eigenvalue weighted by atomic mass is 19.4. The molecule has 0 bridgehead atoms. The van der Waals surface area contributed by atoms with Gasteiger partial charge in [-0.1, -0.05) is 17.7 Å². The Morgan fingerprint density at radius 2 is 1.86 bits per heavy atom. The van der Waals surface area contributed by atoms with Gasteiger partial charge in [-0.05, 0) is 38.7 Å². The SMILES string of the molecule is COc1ccc(C)cc1CNC1CCC(C(F)(F)F)CC1. The summed E-state index contributed by atoms with van der Waals surface area (Å²) < 4.78 is 43.2. The fraction of sp³-hybridized carbons (Fsp3) is 0.625. The maximum atomic E-state index is 12.6. The van der Waals surface area contributed by atoms with E-state index >= 15 is 0 Å². The number of benzene rings is 1. The van der Waals surface area contributed by atoms with Gasteiger partial charge in [0.25, 0.3) is 0 Å². The number of rotatable bonds is 4. The third-order valence-corrected chi connectivity index (χ3v) is 4.21. The van der Waals surface area contributed by atoms with Crippen LogP contribution in [0.5, 0.6) is 5.75 Å². The summed E-state index contributed by atoms with van der Waals surface area (Å²) in [6, 6.07) is 6.12. The number of ether oxygens (including phenoxy) is 1. The van der Waals surface area contributed by atoms with E-state index < -0.39 is 12.1 Å². The van der Waals surface area contributed by atoms with Crippen LogP contribution in [0, 0.1) is 12.8 Å². The fourth-order valence-electron chi connectivity index (χ4n) is 2.92. The normalized spacial score (nSPS) is 23.1. The van der Waals surface area contributed by atoms with Gasteiger partial charge < -0.3 is 10.1 Å². The molecule has 1 aliphatic rings. The predicted molar refractivity (Wildman–Crippen MR) is 76.4 cm³/mol. The first-order valence-corrected chi connectivity index (χ1v) is 7.33. The van der Waals surface area contributed by atoms with Crippen molar-refractivity contribution in [2.24, 2.45) is 5.92 Å². The average molecular weight is 301 g/mol. The highest BCUT2D eigenvalue weighted by Gasteiger charge is 2.41. The molecule has 0 spiro atoms. The summed E-state index contributed by atoms with van der Waals surface area (Å²) in [5, 5.41) is 3.36. The molecule has 0 atom stereocenters. The number of halogens is 3. The number of nitrogens with one attached hydrogen (secondary N) is 1. The average Bonchev–Trinajstić information content (AvgIpc) is 2.45. The monoisotopic (exact) mass is 301 g/mol. The van der Waals surface area contributed by atoms with Crippen LogP contribution < -0.4 is 10.1 Å². The van der Waals surface area contributed by atoms with Crippen LogP contribution in [0.1, 0.15) is 36.8 Å². The fourth-order valence-corrected chi connectivity index (χ4v) is 2.92. The van der Waals surface area contributed by atoms with Crippen molar-refractivity contribution in [3.63, 3.8) is 0 Å². The molecule has 1 saturated carbocycles. The lowest BCUT2D eigenvalue weighted by Gasteiger charge is -2.30. The Bertz CT molecular complexity index is 465. The number of hydrogen-bond acceptors (Lipinski definition) is 2. The molecule has 0 heterocycles. The van der Waals surface area contributed by atoms with Crippen LogP contribution in [0.2, 0.25) is 0 Å².